The van der Waals surface area contributed by atoms with E-state index in [1.165, 1.54) is 16.7 Å². The molecule has 0 saturated carbocycles. The van der Waals surface area contributed by atoms with Gasteiger partial charge in [0, 0.05) is 18.9 Å². The second-order valence-corrected chi connectivity index (χ2v) is 4.29. The third-order valence-corrected chi connectivity index (χ3v) is 2.83. The van der Waals surface area contributed by atoms with E-state index in [0.29, 0.717) is 5.69 Å². The molecule has 0 aliphatic carbocycles. The van der Waals surface area contributed by atoms with E-state index in [1.807, 2.05) is 0 Å². The van der Waals surface area contributed by atoms with Crippen LogP contribution >= 0.6 is 0 Å². The van der Waals surface area contributed by atoms with Crippen LogP contribution < -0.4 is 10.9 Å². The predicted molar refractivity (Wildman–Crippen MR) is 72.5 cm³/mol. The molecule has 2 aromatic rings. The summed E-state index contributed by atoms with van der Waals surface area (Å²) >= 11 is 0. The number of hydrogen-bond donors (Lipinski definition) is 2. The number of benzene rings is 1. The number of hydrogen-bond acceptors (Lipinski definition) is 3. The van der Waals surface area contributed by atoms with Crippen LogP contribution in [-0.4, -0.2) is 15.6 Å². The number of aromatic hydroxyl groups is 1. The Bertz CT molecular complexity index is 689. The van der Waals surface area contributed by atoms with Gasteiger partial charge in [0.25, 0.3) is 11.5 Å². The van der Waals surface area contributed by atoms with E-state index in [2.05, 4.69) is 5.32 Å². The van der Waals surface area contributed by atoms with Gasteiger partial charge < -0.3 is 15.0 Å². The van der Waals surface area contributed by atoms with E-state index < -0.39 is 5.91 Å². The molecule has 0 unspecified atom stereocenters. The zero-order chi connectivity index (χ0) is 14.0. The number of phenolic OH excluding ortho intramolecular Hbond substituents is 1. The summed E-state index contributed by atoms with van der Waals surface area (Å²) in [4.78, 5) is 23.8. The lowest BCUT2D eigenvalue weighted by Crippen LogP contribution is -2.27. The highest BCUT2D eigenvalue weighted by atomic mass is 16.3. The SMILES string of the molecule is Cc1cc(O)ccc1NC(=O)c1cccn(C)c1=O. The summed E-state index contributed by atoms with van der Waals surface area (Å²) in [5.41, 5.74) is 1.02. The maximum atomic E-state index is 12.0. The summed E-state index contributed by atoms with van der Waals surface area (Å²) in [6, 6.07) is 7.73. The maximum Gasteiger partial charge on any atom is 0.263 e. The number of amides is 1. The van der Waals surface area contributed by atoms with Crippen LogP contribution in [0.2, 0.25) is 0 Å². The van der Waals surface area contributed by atoms with Gasteiger partial charge in [-0.2, -0.15) is 0 Å². The second-order valence-electron chi connectivity index (χ2n) is 4.29. The van der Waals surface area contributed by atoms with E-state index in [9.17, 15) is 14.7 Å². The molecule has 1 heterocycles. The third kappa shape index (κ3) is 2.65. The number of aromatic nitrogens is 1. The molecule has 0 aliphatic rings. The number of anilines is 1. The molecular weight excluding hydrogens is 244 g/mol. The highest BCUT2D eigenvalue weighted by molar-refractivity contribution is 6.04. The van der Waals surface area contributed by atoms with Crippen LogP contribution in [-0.2, 0) is 7.05 Å². The Morgan fingerprint density at radius 3 is 2.74 bits per heavy atom. The molecule has 0 bridgehead atoms. The standard InChI is InChI=1S/C14H14N2O3/c1-9-8-10(17)5-6-12(9)15-13(18)11-4-3-7-16(2)14(11)19/h3-8,17H,1-2H3,(H,15,18). The fourth-order valence-electron chi connectivity index (χ4n) is 1.75. The van der Waals surface area contributed by atoms with Crippen molar-refractivity contribution in [1.29, 1.82) is 0 Å². The van der Waals surface area contributed by atoms with Gasteiger partial charge in [0.05, 0.1) is 0 Å². The minimum absolute atomic E-state index is 0.0810. The molecule has 0 saturated heterocycles. The van der Waals surface area contributed by atoms with Gasteiger partial charge in [-0.05, 0) is 42.8 Å². The van der Waals surface area contributed by atoms with Crippen molar-refractivity contribution in [3.63, 3.8) is 0 Å². The van der Waals surface area contributed by atoms with Crippen molar-refractivity contribution in [3.05, 3.63) is 58.0 Å². The van der Waals surface area contributed by atoms with Crippen molar-refractivity contribution in [2.75, 3.05) is 5.32 Å². The lowest BCUT2D eigenvalue weighted by Gasteiger charge is -2.09. The molecule has 5 heteroatoms. The Morgan fingerprint density at radius 2 is 2.05 bits per heavy atom. The average Bonchev–Trinajstić information content (AvgIpc) is 2.36. The van der Waals surface area contributed by atoms with Crippen LogP contribution in [0, 0.1) is 6.92 Å². The molecule has 0 atom stereocenters. The molecule has 5 nitrogen and oxygen atoms in total. The van der Waals surface area contributed by atoms with Crippen molar-refractivity contribution < 1.29 is 9.90 Å². The molecule has 2 rings (SSSR count). The van der Waals surface area contributed by atoms with Crippen LogP contribution in [0.5, 0.6) is 5.75 Å². The predicted octanol–water partition coefficient (Wildman–Crippen LogP) is 1.65. The van der Waals surface area contributed by atoms with Gasteiger partial charge in [-0.25, -0.2) is 0 Å². The van der Waals surface area contributed by atoms with Crippen LogP contribution in [0.4, 0.5) is 5.69 Å². The van der Waals surface area contributed by atoms with Gasteiger partial charge in [-0.3, -0.25) is 9.59 Å². The Kier molecular flexibility index (Phi) is 3.37. The van der Waals surface area contributed by atoms with Crippen molar-refractivity contribution in [2.45, 2.75) is 6.92 Å². The van der Waals surface area contributed by atoms with Crippen LogP contribution in [0.15, 0.2) is 41.3 Å². The molecular formula is C14H14N2O3. The Balaban J connectivity index is 2.31. The number of carbonyl (C=O) groups is 1. The number of nitrogens with zero attached hydrogens (tertiary/aromatic N) is 1. The molecule has 0 radical (unpaired) electrons. The smallest absolute Gasteiger partial charge is 0.263 e. The maximum absolute atomic E-state index is 12.0. The number of rotatable bonds is 2. The minimum atomic E-state index is -0.463. The first-order chi connectivity index (χ1) is 8.99. The third-order valence-electron chi connectivity index (χ3n) is 2.83. The Hall–Kier alpha value is -2.56. The number of aryl methyl sites for hydroxylation is 2. The first-order valence-electron chi connectivity index (χ1n) is 5.75. The average molecular weight is 258 g/mol. The first kappa shape index (κ1) is 12.9. The fraction of sp³-hybridized carbons (Fsp3) is 0.143. The van der Waals surface area contributed by atoms with Crippen molar-refractivity contribution in [3.8, 4) is 5.75 Å². The van der Waals surface area contributed by atoms with Gasteiger partial charge in [0.15, 0.2) is 0 Å². The number of nitrogens with one attached hydrogen (secondary N) is 1. The zero-order valence-electron chi connectivity index (χ0n) is 10.7. The minimum Gasteiger partial charge on any atom is -0.508 e. The highest BCUT2D eigenvalue weighted by Crippen LogP contribution is 2.20. The molecule has 2 N–H and O–H groups in total. The summed E-state index contributed by atoms with van der Waals surface area (Å²) in [5, 5.41) is 12.0. The van der Waals surface area contributed by atoms with E-state index in [-0.39, 0.29) is 16.9 Å². The molecule has 98 valence electrons. The van der Waals surface area contributed by atoms with Crippen molar-refractivity contribution >= 4 is 11.6 Å². The lowest BCUT2D eigenvalue weighted by molar-refractivity contribution is 0.102. The summed E-state index contributed by atoms with van der Waals surface area (Å²) in [7, 11) is 1.59. The van der Waals surface area contributed by atoms with E-state index in [1.54, 1.807) is 38.4 Å². The summed E-state index contributed by atoms with van der Waals surface area (Å²) < 4.78 is 1.35. The number of carbonyl (C=O) groups excluding carboxylic acids is 1. The van der Waals surface area contributed by atoms with Crippen LogP contribution in [0.25, 0.3) is 0 Å². The molecule has 0 spiro atoms. The van der Waals surface area contributed by atoms with E-state index >= 15 is 0 Å². The largest absolute Gasteiger partial charge is 0.508 e. The number of pyridine rings is 1. The molecule has 1 aromatic carbocycles. The number of phenols is 1. The highest BCUT2D eigenvalue weighted by Gasteiger charge is 2.12. The summed E-state index contributed by atoms with van der Waals surface area (Å²) in [5.74, 6) is -0.332. The Labute approximate surface area is 110 Å². The van der Waals surface area contributed by atoms with Crippen molar-refractivity contribution in [2.24, 2.45) is 7.05 Å². The van der Waals surface area contributed by atoms with Gasteiger partial charge in [-0.15, -0.1) is 0 Å². The lowest BCUT2D eigenvalue weighted by atomic mass is 10.1. The normalized spacial score (nSPS) is 10.2. The van der Waals surface area contributed by atoms with Gasteiger partial charge >= 0.3 is 0 Å². The van der Waals surface area contributed by atoms with E-state index in [4.69, 9.17) is 0 Å². The molecule has 1 aromatic heterocycles. The monoisotopic (exact) mass is 258 g/mol. The van der Waals surface area contributed by atoms with Crippen LogP contribution in [0.3, 0.4) is 0 Å². The topological polar surface area (TPSA) is 71.3 Å². The molecule has 1 amide bonds. The molecule has 0 fully saturated rings. The van der Waals surface area contributed by atoms with Gasteiger partial charge in [-0.1, -0.05) is 0 Å². The molecule has 0 aliphatic heterocycles. The molecule has 19 heavy (non-hydrogen) atoms. The summed E-state index contributed by atoms with van der Waals surface area (Å²) in [6.45, 7) is 1.76. The summed E-state index contributed by atoms with van der Waals surface area (Å²) in [6.07, 6.45) is 1.59. The zero-order valence-corrected chi connectivity index (χ0v) is 10.7. The Morgan fingerprint density at radius 1 is 1.32 bits per heavy atom. The quantitative estimate of drug-likeness (QED) is 0.805. The first-order valence-corrected chi connectivity index (χ1v) is 5.75. The fourth-order valence-corrected chi connectivity index (χ4v) is 1.75. The second kappa shape index (κ2) is 4.97. The van der Waals surface area contributed by atoms with Crippen molar-refractivity contribution in [1.82, 2.24) is 4.57 Å². The van der Waals surface area contributed by atoms with Crippen LogP contribution in [0.1, 0.15) is 15.9 Å². The van der Waals surface area contributed by atoms with Gasteiger partial charge in [0.2, 0.25) is 0 Å². The van der Waals surface area contributed by atoms with E-state index in [0.717, 1.165) is 5.56 Å². The van der Waals surface area contributed by atoms with Gasteiger partial charge in [0.1, 0.15) is 11.3 Å².